The van der Waals surface area contributed by atoms with Crippen LogP contribution in [-0.2, 0) is 4.79 Å². The fourth-order valence-electron chi connectivity index (χ4n) is 3.00. The molecule has 0 spiro atoms. The van der Waals surface area contributed by atoms with Crippen LogP contribution in [0.25, 0.3) is 6.08 Å². The Labute approximate surface area is 117 Å². The van der Waals surface area contributed by atoms with E-state index in [-0.39, 0.29) is 17.4 Å². The van der Waals surface area contributed by atoms with Crippen LogP contribution < -0.4 is 0 Å². The second-order valence-corrected chi connectivity index (χ2v) is 5.33. The molecular formula is C16H15NO3. The number of hydrogen-bond acceptors (Lipinski definition) is 3. The smallest absolute Gasteiger partial charge is 0.269 e. The van der Waals surface area contributed by atoms with Gasteiger partial charge in [-0.3, -0.25) is 14.9 Å². The van der Waals surface area contributed by atoms with E-state index in [0.29, 0.717) is 5.92 Å². The predicted molar refractivity (Wildman–Crippen MR) is 76.1 cm³/mol. The first-order valence-electron chi connectivity index (χ1n) is 6.80. The average molecular weight is 269 g/mol. The molecule has 4 nitrogen and oxygen atoms in total. The van der Waals surface area contributed by atoms with Crippen molar-refractivity contribution in [3.8, 4) is 0 Å². The molecule has 102 valence electrons. The molecule has 2 aliphatic carbocycles. The molecule has 1 aromatic rings. The molecule has 0 saturated heterocycles. The summed E-state index contributed by atoms with van der Waals surface area (Å²) in [6.07, 6.45) is 5.97. The van der Waals surface area contributed by atoms with E-state index >= 15 is 0 Å². The minimum Gasteiger partial charge on any atom is -0.294 e. The van der Waals surface area contributed by atoms with Crippen molar-refractivity contribution < 1.29 is 9.72 Å². The zero-order valence-electron chi connectivity index (χ0n) is 11.2. The molecule has 4 heteroatoms. The van der Waals surface area contributed by atoms with Crippen molar-refractivity contribution in [3.63, 3.8) is 0 Å². The molecule has 0 amide bonds. The summed E-state index contributed by atoms with van der Waals surface area (Å²) in [7, 11) is 0. The molecule has 0 aromatic heterocycles. The van der Waals surface area contributed by atoms with Gasteiger partial charge < -0.3 is 0 Å². The van der Waals surface area contributed by atoms with Crippen molar-refractivity contribution in [1.82, 2.24) is 0 Å². The van der Waals surface area contributed by atoms with Crippen LogP contribution in [0.4, 0.5) is 5.69 Å². The predicted octanol–water partition coefficient (Wildman–Crippen LogP) is 3.53. The summed E-state index contributed by atoms with van der Waals surface area (Å²) in [5.41, 5.74) is 3.15. The highest BCUT2D eigenvalue weighted by Crippen LogP contribution is 2.48. The summed E-state index contributed by atoms with van der Waals surface area (Å²) >= 11 is 0. The SMILES string of the molecule is CCC1=C[C@@H]2C(=O)/C(=C\c3ccc([N+](=O)[O-])cc3)[C@@H]2C1. The van der Waals surface area contributed by atoms with E-state index in [2.05, 4.69) is 13.0 Å². The summed E-state index contributed by atoms with van der Waals surface area (Å²) in [6, 6.07) is 6.32. The number of rotatable bonds is 3. The van der Waals surface area contributed by atoms with Crippen molar-refractivity contribution >= 4 is 17.5 Å². The van der Waals surface area contributed by atoms with Crippen LogP contribution in [0, 0.1) is 22.0 Å². The van der Waals surface area contributed by atoms with Crippen molar-refractivity contribution in [2.24, 2.45) is 11.8 Å². The molecule has 0 unspecified atom stereocenters. The van der Waals surface area contributed by atoms with Crippen LogP contribution in [0.5, 0.6) is 0 Å². The summed E-state index contributed by atoms with van der Waals surface area (Å²) in [5, 5.41) is 10.6. The Hall–Kier alpha value is -2.23. The van der Waals surface area contributed by atoms with Crippen molar-refractivity contribution in [1.29, 1.82) is 0 Å². The molecule has 0 aliphatic heterocycles. The lowest BCUT2D eigenvalue weighted by atomic mass is 9.69. The highest BCUT2D eigenvalue weighted by atomic mass is 16.6. The van der Waals surface area contributed by atoms with Gasteiger partial charge in [0, 0.05) is 29.5 Å². The van der Waals surface area contributed by atoms with E-state index in [1.54, 1.807) is 12.1 Å². The molecular weight excluding hydrogens is 254 g/mol. The lowest BCUT2D eigenvalue weighted by Gasteiger charge is -2.32. The Balaban J connectivity index is 1.81. The van der Waals surface area contributed by atoms with Crippen LogP contribution in [0.1, 0.15) is 25.3 Å². The number of nitrogens with zero attached hydrogens (tertiary/aromatic N) is 1. The fraction of sp³-hybridized carbons (Fsp3) is 0.312. The van der Waals surface area contributed by atoms with E-state index in [0.717, 1.165) is 24.0 Å². The summed E-state index contributed by atoms with van der Waals surface area (Å²) < 4.78 is 0. The van der Waals surface area contributed by atoms with Gasteiger partial charge >= 0.3 is 0 Å². The Morgan fingerprint density at radius 3 is 2.65 bits per heavy atom. The first-order chi connectivity index (χ1) is 9.60. The van der Waals surface area contributed by atoms with Crippen LogP contribution in [-0.4, -0.2) is 10.7 Å². The molecule has 0 heterocycles. The van der Waals surface area contributed by atoms with E-state index in [1.807, 2.05) is 6.08 Å². The number of allylic oxidation sites excluding steroid dienone is 3. The third-order valence-electron chi connectivity index (χ3n) is 4.20. The number of nitro groups is 1. The molecule has 0 N–H and O–H groups in total. The van der Waals surface area contributed by atoms with Crippen molar-refractivity contribution in [2.45, 2.75) is 19.8 Å². The largest absolute Gasteiger partial charge is 0.294 e. The Morgan fingerprint density at radius 1 is 1.35 bits per heavy atom. The summed E-state index contributed by atoms with van der Waals surface area (Å²) in [4.78, 5) is 22.2. The Bertz CT molecular complexity index is 640. The minimum atomic E-state index is -0.421. The van der Waals surface area contributed by atoms with Gasteiger partial charge in [0.1, 0.15) is 0 Å². The maximum atomic E-state index is 12.1. The standard InChI is InChI=1S/C16H15NO3/c1-2-10-7-13-14(8-10)16(18)15(13)9-11-3-5-12(6-4-11)17(19)20/h3-6,8-9,13-14H,2,7H2,1H3/b15-9-/t13-,14+/m1/s1. The summed E-state index contributed by atoms with van der Waals surface area (Å²) in [6.45, 7) is 2.11. The fourth-order valence-corrected chi connectivity index (χ4v) is 3.00. The Morgan fingerprint density at radius 2 is 2.05 bits per heavy atom. The highest BCUT2D eigenvalue weighted by Gasteiger charge is 2.46. The molecule has 1 aromatic carbocycles. The number of ketones is 1. The number of non-ortho nitro benzene ring substituents is 1. The molecule has 0 radical (unpaired) electrons. The van der Waals surface area contributed by atoms with E-state index in [9.17, 15) is 14.9 Å². The lowest BCUT2D eigenvalue weighted by molar-refractivity contribution is -0.384. The minimum absolute atomic E-state index is 0.0702. The zero-order chi connectivity index (χ0) is 14.3. The molecule has 0 bridgehead atoms. The summed E-state index contributed by atoms with van der Waals surface area (Å²) in [5.74, 6) is 0.610. The van der Waals surface area contributed by atoms with E-state index in [1.165, 1.54) is 17.7 Å². The van der Waals surface area contributed by atoms with Gasteiger partial charge in [-0.15, -0.1) is 0 Å². The number of fused-ring (bicyclic) bond motifs is 1. The Kier molecular flexibility index (Phi) is 3.01. The van der Waals surface area contributed by atoms with Gasteiger partial charge in [-0.25, -0.2) is 0 Å². The van der Waals surface area contributed by atoms with Crippen LogP contribution in [0.2, 0.25) is 0 Å². The number of carbonyl (C=O) groups excluding carboxylic acids is 1. The normalized spacial score (nSPS) is 26.1. The van der Waals surface area contributed by atoms with Gasteiger partial charge in [-0.05, 0) is 36.6 Å². The number of Topliss-reactive ketones (excluding diaryl/α,β-unsaturated/α-hetero) is 1. The second kappa shape index (κ2) is 4.71. The van der Waals surface area contributed by atoms with E-state index in [4.69, 9.17) is 0 Å². The molecule has 1 fully saturated rings. The van der Waals surface area contributed by atoms with Crippen LogP contribution >= 0.6 is 0 Å². The molecule has 20 heavy (non-hydrogen) atoms. The van der Waals surface area contributed by atoms with Gasteiger partial charge in [0.05, 0.1) is 4.92 Å². The van der Waals surface area contributed by atoms with E-state index < -0.39 is 4.92 Å². The number of carbonyl (C=O) groups is 1. The van der Waals surface area contributed by atoms with Gasteiger partial charge in [0.15, 0.2) is 5.78 Å². The first kappa shape index (κ1) is 12.8. The number of nitro benzene ring substituents is 1. The molecule has 3 rings (SSSR count). The van der Waals surface area contributed by atoms with Gasteiger partial charge in [0.2, 0.25) is 0 Å². The highest BCUT2D eigenvalue weighted by molar-refractivity contribution is 6.10. The lowest BCUT2D eigenvalue weighted by Crippen LogP contribution is -2.36. The second-order valence-electron chi connectivity index (χ2n) is 5.33. The van der Waals surface area contributed by atoms with Gasteiger partial charge in [0.25, 0.3) is 5.69 Å². The third kappa shape index (κ3) is 1.97. The third-order valence-corrected chi connectivity index (χ3v) is 4.20. The molecule has 1 saturated carbocycles. The average Bonchev–Trinajstić information content (AvgIpc) is 2.85. The first-order valence-corrected chi connectivity index (χ1v) is 6.80. The topological polar surface area (TPSA) is 60.2 Å². The maximum Gasteiger partial charge on any atom is 0.269 e. The van der Waals surface area contributed by atoms with Crippen LogP contribution in [0.3, 0.4) is 0 Å². The van der Waals surface area contributed by atoms with Crippen molar-refractivity contribution in [3.05, 3.63) is 57.2 Å². The maximum absolute atomic E-state index is 12.1. The van der Waals surface area contributed by atoms with Crippen molar-refractivity contribution in [2.75, 3.05) is 0 Å². The molecule has 2 atom stereocenters. The van der Waals surface area contributed by atoms with Gasteiger partial charge in [-0.2, -0.15) is 0 Å². The van der Waals surface area contributed by atoms with Gasteiger partial charge in [-0.1, -0.05) is 18.6 Å². The number of hydrogen-bond donors (Lipinski definition) is 0. The quantitative estimate of drug-likeness (QED) is 0.365. The number of benzene rings is 1. The molecule has 2 aliphatic rings. The zero-order valence-corrected chi connectivity index (χ0v) is 11.2. The monoisotopic (exact) mass is 269 g/mol. The van der Waals surface area contributed by atoms with Crippen LogP contribution in [0.15, 0.2) is 41.5 Å².